The topological polar surface area (TPSA) is 70.1 Å². The minimum Gasteiger partial charge on any atom is -0.481 e. The molecule has 2 rings (SSSR count). The number of aliphatic carboxylic acids is 1. The molecule has 0 aromatic rings. The van der Waals surface area contributed by atoms with Gasteiger partial charge in [0.1, 0.15) is 0 Å². The van der Waals surface area contributed by atoms with Crippen LogP contribution in [0, 0.1) is 11.8 Å². The van der Waals surface area contributed by atoms with Gasteiger partial charge in [-0.15, -0.1) is 0 Å². The van der Waals surface area contributed by atoms with Crippen molar-refractivity contribution in [3.63, 3.8) is 0 Å². The summed E-state index contributed by atoms with van der Waals surface area (Å²) in [6.45, 7) is 3.59. The minimum absolute atomic E-state index is 0.0749. The van der Waals surface area contributed by atoms with E-state index < -0.39 is 5.97 Å². The maximum absolute atomic E-state index is 12.6. The van der Waals surface area contributed by atoms with Crippen molar-refractivity contribution in [1.29, 1.82) is 0 Å². The molecule has 2 aliphatic rings. The third-order valence-electron chi connectivity index (χ3n) is 4.44. The fraction of sp³-hybridized carbons (Fsp3) is 0.867. The number of rotatable bonds is 4. The molecule has 2 aliphatic heterocycles. The van der Waals surface area contributed by atoms with Crippen LogP contribution in [0.3, 0.4) is 0 Å². The molecule has 2 saturated heterocycles. The molecule has 0 aromatic carbocycles. The van der Waals surface area contributed by atoms with Crippen LogP contribution in [0.5, 0.6) is 0 Å². The summed E-state index contributed by atoms with van der Waals surface area (Å²) in [4.78, 5) is 27.2. The first-order chi connectivity index (χ1) is 10.1. The molecular formula is C15H26N2O4. The van der Waals surface area contributed by atoms with Crippen molar-refractivity contribution in [3.8, 4) is 0 Å². The van der Waals surface area contributed by atoms with Gasteiger partial charge in [0.2, 0.25) is 0 Å². The van der Waals surface area contributed by atoms with Gasteiger partial charge in [-0.3, -0.25) is 4.79 Å². The summed E-state index contributed by atoms with van der Waals surface area (Å²) < 4.78 is 5.20. The van der Waals surface area contributed by atoms with E-state index >= 15 is 0 Å². The van der Waals surface area contributed by atoms with E-state index in [1.807, 2.05) is 9.80 Å². The Morgan fingerprint density at radius 3 is 2.24 bits per heavy atom. The van der Waals surface area contributed by atoms with Crippen molar-refractivity contribution in [2.45, 2.75) is 32.1 Å². The zero-order valence-corrected chi connectivity index (χ0v) is 12.8. The molecule has 2 fully saturated rings. The summed E-state index contributed by atoms with van der Waals surface area (Å²) >= 11 is 0. The first-order valence-corrected chi connectivity index (χ1v) is 7.84. The smallest absolute Gasteiger partial charge is 0.320 e. The lowest BCUT2D eigenvalue weighted by Gasteiger charge is -2.39. The van der Waals surface area contributed by atoms with Gasteiger partial charge in [-0.25, -0.2) is 4.79 Å². The Hall–Kier alpha value is -1.30. The summed E-state index contributed by atoms with van der Waals surface area (Å²) in [6.07, 6.45) is 4.10. The number of likely N-dealkylation sites (tertiary alicyclic amines) is 2. The number of ether oxygens (including phenoxy) is 1. The fourth-order valence-corrected chi connectivity index (χ4v) is 3.46. The summed E-state index contributed by atoms with van der Waals surface area (Å²) in [5.41, 5.74) is 0. The van der Waals surface area contributed by atoms with Crippen LogP contribution >= 0.6 is 0 Å². The van der Waals surface area contributed by atoms with Crippen LogP contribution in [-0.2, 0) is 9.53 Å². The molecule has 2 heterocycles. The molecule has 0 aliphatic carbocycles. The lowest BCUT2D eigenvalue weighted by Crippen LogP contribution is -2.51. The number of hydrogen-bond acceptors (Lipinski definition) is 3. The minimum atomic E-state index is -0.771. The summed E-state index contributed by atoms with van der Waals surface area (Å²) in [5.74, 6) is -0.250. The van der Waals surface area contributed by atoms with E-state index in [0.717, 1.165) is 45.3 Å². The zero-order valence-electron chi connectivity index (χ0n) is 12.8. The molecule has 2 amide bonds. The number of amides is 2. The summed E-state index contributed by atoms with van der Waals surface area (Å²) in [5, 5.41) is 8.91. The first kappa shape index (κ1) is 16.1. The average Bonchev–Trinajstić information content (AvgIpc) is 2.47. The number of carboxylic acids is 1. The Morgan fingerprint density at radius 1 is 1.10 bits per heavy atom. The van der Waals surface area contributed by atoms with Gasteiger partial charge in [0.15, 0.2) is 0 Å². The van der Waals surface area contributed by atoms with Crippen LogP contribution < -0.4 is 0 Å². The summed E-state index contributed by atoms with van der Waals surface area (Å²) in [7, 11) is 1.70. The molecule has 2 unspecified atom stereocenters. The van der Waals surface area contributed by atoms with Crippen LogP contribution in [-0.4, -0.2) is 66.8 Å². The Kier molecular flexibility index (Phi) is 5.85. The Morgan fingerprint density at radius 2 is 1.67 bits per heavy atom. The monoisotopic (exact) mass is 298 g/mol. The molecule has 0 spiro atoms. The number of nitrogens with zero attached hydrogens (tertiary/aromatic N) is 2. The number of carbonyl (C=O) groups is 2. The molecule has 6 heteroatoms. The SMILES string of the molecule is COCC1CCCN(C(=O)N2CCCC(CC(=O)O)C2)C1. The zero-order chi connectivity index (χ0) is 15.2. The molecule has 0 radical (unpaired) electrons. The molecule has 21 heavy (non-hydrogen) atoms. The van der Waals surface area contributed by atoms with Crippen LogP contribution in [0.1, 0.15) is 32.1 Å². The molecule has 0 aromatic heterocycles. The highest BCUT2D eigenvalue weighted by atomic mass is 16.5. The van der Waals surface area contributed by atoms with Crippen LogP contribution in [0.4, 0.5) is 4.79 Å². The first-order valence-electron chi connectivity index (χ1n) is 7.84. The second-order valence-corrected chi connectivity index (χ2v) is 6.24. The van der Waals surface area contributed by atoms with E-state index in [2.05, 4.69) is 0 Å². The van der Waals surface area contributed by atoms with Gasteiger partial charge >= 0.3 is 12.0 Å². The van der Waals surface area contributed by atoms with Gasteiger partial charge in [-0.2, -0.15) is 0 Å². The van der Waals surface area contributed by atoms with Crippen LogP contribution in [0.15, 0.2) is 0 Å². The van der Waals surface area contributed by atoms with E-state index in [1.165, 1.54) is 0 Å². The number of urea groups is 1. The van der Waals surface area contributed by atoms with E-state index in [0.29, 0.717) is 19.1 Å². The molecule has 2 atom stereocenters. The van der Waals surface area contributed by atoms with E-state index in [9.17, 15) is 9.59 Å². The fourth-order valence-electron chi connectivity index (χ4n) is 3.46. The second-order valence-electron chi connectivity index (χ2n) is 6.24. The lowest BCUT2D eigenvalue weighted by molar-refractivity contribution is -0.138. The van der Waals surface area contributed by atoms with E-state index in [1.54, 1.807) is 7.11 Å². The number of piperidine rings is 2. The van der Waals surface area contributed by atoms with Crippen LogP contribution in [0.2, 0.25) is 0 Å². The Labute approximate surface area is 126 Å². The normalized spacial score (nSPS) is 26.7. The predicted molar refractivity (Wildman–Crippen MR) is 78.1 cm³/mol. The average molecular weight is 298 g/mol. The second kappa shape index (κ2) is 7.64. The van der Waals surface area contributed by atoms with E-state index in [4.69, 9.17) is 9.84 Å². The van der Waals surface area contributed by atoms with Crippen molar-refractivity contribution in [2.75, 3.05) is 39.9 Å². The molecule has 0 saturated carbocycles. The standard InChI is InChI=1S/C15H26N2O4/c1-21-11-13-5-3-7-17(10-13)15(20)16-6-2-4-12(9-16)8-14(18)19/h12-13H,2-11H2,1H3,(H,18,19). The Bertz CT molecular complexity index is 373. The van der Waals surface area contributed by atoms with Crippen molar-refractivity contribution in [2.24, 2.45) is 11.8 Å². The van der Waals surface area contributed by atoms with Crippen LogP contribution in [0.25, 0.3) is 0 Å². The van der Waals surface area contributed by atoms with Gasteiger partial charge in [-0.05, 0) is 31.6 Å². The predicted octanol–water partition coefficient (Wildman–Crippen LogP) is 1.65. The molecular weight excluding hydrogens is 272 g/mol. The van der Waals surface area contributed by atoms with Crippen molar-refractivity contribution in [1.82, 2.24) is 9.80 Å². The van der Waals surface area contributed by atoms with Gasteiger partial charge < -0.3 is 19.6 Å². The van der Waals surface area contributed by atoms with Crippen molar-refractivity contribution >= 4 is 12.0 Å². The van der Waals surface area contributed by atoms with Gasteiger partial charge in [0, 0.05) is 45.6 Å². The summed E-state index contributed by atoms with van der Waals surface area (Å²) in [6, 6.07) is 0.0749. The molecule has 1 N–H and O–H groups in total. The quantitative estimate of drug-likeness (QED) is 0.857. The van der Waals surface area contributed by atoms with Gasteiger partial charge in [0.05, 0.1) is 6.61 Å². The number of carbonyl (C=O) groups excluding carboxylic acids is 1. The largest absolute Gasteiger partial charge is 0.481 e. The number of hydrogen-bond donors (Lipinski definition) is 1. The Balaban J connectivity index is 1.88. The third-order valence-corrected chi connectivity index (χ3v) is 4.44. The lowest BCUT2D eigenvalue weighted by atomic mass is 9.95. The van der Waals surface area contributed by atoms with Gasteiger partial charge in [0.25, 0.3) is 0 Å². The third kappa shape index (κ3) is 4.59. The number of carboxylic acid groups (broad SMARTS) is 1. The van der Waals surface area contributed by atoms with E-state index in [-0.39, 0.29) is 18.4 Å². The van der Waals surface area contributed by atoms with Gasteiger partial charge in [-0.1, -0.05) is 0 Å². The van der Waals surface area contributed by atoms with Crippen molar-refractivity contribution in [3.05, 3.63) is 0 Å². The maximum atomic E-state index is 12.6. The van der Waals surface area contributed by atoms with Crippen molar-refractivity contribution < 1.29 is 19.4 Å². The highest BCUT2D eigenvalue weighted by Crippen LogP contribution is 2.23. The number of methoxy groups -OCH3 is 1. The molecule has 0 bridgehead atoms. The highest BCUT2D eigenvalue weighted by molar-refractivity contribution is 5.75. The highest BCUT2D eigenvalue weighted by Gasteiger charge is 2.30. The molecule has 120 valence electrons. The molecule has 6 nitrogen and oxygen atoms in total. The maximum Gasteiger partial charge on any atom is 0.320 e.